The highest BCUT2D eigenvalue weighted by atomic mass is 32.2. The summed E-state index contributed by atoms with van der Waals surface area (Å²) in [5.41, 5.74) is 0. The first-order valence-corrected chi connectivity index (χ1v) is 7.10. The van der Waals surface area contributed by atoms with Crippen molar-refractivity contribution in [1.29, 1.82) is 0 Å². The molecule has 0 amide bonds. The summed E-state index contributed by atoms with van der Waals surface area (Å²) < 4.78 is 10.0. The summed E-state index contributed by atoms with van der Waals surface area (Å²) in [5.74, 6) is 0.848. The van der Waals surface area contributed by atoms with E-state index in [1.165, 1.54) is 5.75 Å². The lowest BCUT2D eigenvalue weighted by Crippen LogP contribution is -2.09. The molecule has 4 heteroatoms. The molecule has 0 bridgehead atoms. The molecule has 0 spiro atoms. The Balaban J connectivity index is 3.06. The van der Waals surface area contributed by atoms with E-state index in [1.54, 1.807) is 0 Å². The molecule has 0 heterocycles. The van der Waals surface area contributed by atoms with E-state index >= 15 is 0 Å². The molecule has 0 fully saturated rings. The molecule has 0 aliphatic carbocycles. The first-order valence-electron chi connectivity index (χ1n) is 4.68. The molecule has 0 saturated heterocycles. The Labute approximate surface area is 88.8 Å². The van der Waals surface area contributed by atoms with Gasteiger partial charge in [-0.2, -0.15) is 0 Å². The van der Waals surface area contributed by atoms with Gasteiger partial charge >= 0.3 is 5.97 Å². The summed E-state index contributed by atoms with van der Waals surface area (Å²) in [6.45, 7) is 4.85. The first-order chi connectivity index (χ1) is 6.66. The van der Waals surface area contributed by atoms with E-state index in [-0.39, 0.29) is 16.9 Å². The lowest BCUT2D eigenvalue weighted by Gasteiger charge is -2.08. The molecule has 14 heavy (non-hydrogen) atoms. The van der Waals surface area contributed by atoms with Gasteiger partial charge in [0.25, 0.3) is 0 Å². The molecule has 0 aromatic rings. The number of carbonyl (C=O) groups is 1. The molecule has 0 N–H and O–H groups in total. The van der Waals surface area contributed by atoms with Crippen molar-refractivity contribution in [2.75, 3.05) is 38.1 Å². The highest BCUT2D eigenvalue weighted by Gasteiger charge is 1.95. The summed E-state index contributed by atoms with van der Waals surface area (Å²) in [4.78, 5) is 10.6. The highest BCUT2D eigenvalue weighted by molar-refractivity contribution is 8.15. The molecule has 0 saturated carbocycles. The number of hydrogen-bond acceptors (Lipinski definition) is 3. The van der Waals surface area contributed by atoms with Crippen LogP contribution >= 0.6 is 10.9 Å². The minimum Gasteiger partial charge on any atom is -0.460 e. The van der Waals surface area contributed by atoms with E-state index in [1.807, 2.05) is 0 Å². The quantitative estimate of drug-likeness (QED) is 0.290. The van der Waals surface area contributed by atoms with E-state index in [4.69, 9.17) is 9.47 Å². The Bertz CT molecular complexity index is 169. The second-order valence-corrected chi connectivity index (χ2v) is 5.75. The van der Waals surface area contributed by atoms with Crippen LogP contribution in [-0.2, 0) is 14.3 Å². The van der Waals surface area contributed by atoms with Gasteiger partial charge in [-0.3, -0.25) is 10.9 Å². The van der Waals surface area contributed by atoms with Gasteiger partial charge in [-0.05, 0) is 24.7 Å². The molecule has 0 aromatic heterocycles. The van der Waals surface area contributed by atoms with E-state index in [0.29, 0.717) is 13.2 Å². The van der Waals surface area contributed by atoms with Crippen molar-refractivity contribution in [3.05, 3.63) is 12.7 Å². The second-order valence-electron chi connectivity index (χ2n) is 3.14. The van der Waals surface area contributed by atoms with Crippen molar-refractivity contribution in [1.82, 2.24) is 0 Å². The number of esters is 1. The molecule has 0 radical (unpaired) electrons. The Kier molecular flexibility index (Phi) is 8.78. The van der Waals surface area contributed by atoms with E-state index in [0.717, 1.165) is 19.1 Å². The van der Waals surface area contributed by atoms with Gasteiger partial charge in [0.2, 0.25) is 0 Å². The van der Waals surface area contributed by atoms with Crippen molar-refractivity contribution < 1.29 is 14.3 Å². The smallest absolute Gasteiger partial charge is 0.330 e. The lowest BCUT2D eigenvalue weighted by atomic mass is 10.5. The number of carbonyl (C=O) groups excluding carboxylic acids is 1. The summed E-state index contributed by atoms with van der Waals surface area (Å²) in [5, 5.41) is 0. The number of hydrogen-bond donors (Lipinski definition) is 1. The van der Waals surface area contributed by atoms with E-state index < -0.39 is 0 Å². The number of ether oxygens (including phenoxy) is 2. The molecule has 0 rings (SSSR count). The Morgan fingerprint density at radius 2 is 2.07 bits per heavy atom. The van der Waals surface area contributed by atoms with E-state index in [2.05, 4.69) is 19.1 Å². The summed E-state index contributed by atoms with van der Waals surface area (Å²) >= 11 is 0. The fraction of sp³-hybridized carbons (Fsp3) is 0.700. The lowest BCUT2D eigenvalue weighted by molar-refractivity contribution is -0.139. The maximum atomic E-state index is 10.6. The van der Waals surface area contributed by atoms with Gasteiger partial charge in [0.15, 0.2) is 0 Å². The summed E-state index contributed by atoms with van der Waals surface area (Å²) in [6.07, 6.45) is 6.75. The third-order valence-electron chi connectivity index (χ3n) is 1.53. The van der Waals surface area contributed by atoms with Gasteiger partial charge in [-0.25, -0.2) is 4.79 Å². The van der Waals surface area contributed by atoms with Gasteiger partial charge in [0.05, 0.1) is 6.61 Å². The van der Waals surface area contributed by atoms with E-state index in [9.17, 15) is 4.79 Å². The van der Waals surface area contributed by atoms with Crippen LogP contribution in [0.1, 0.15) is 6.42 Å². The van der Waals surface area contributed by atoms with Crippen LogP contribution in [0.15, 0.2) is 12.7 Å². The molecular weight excluding hydrogens is 200 g/mol. The average molecular weight is 220 g/mol. The average Bonchev–Trinajstić information content (AvgIpc) is 2.15. The summed E-state index contributed by atoms with van der Waals surface area (Å²) in [6, 6.07) is 0. The van der Waals surface area contributed by atoms with Gasteiger partial charge in [0.1, 0.15) is 6.61 Å². The Hall–Kier alpha value is -0.480. The third-order valence-corrected chi connectivity index (χ3v) is 2.74. The third kappa shape index (κ3) is 9.61. The predicted molar refractivity (Wildman–Crippen MR) is 62.3 cm³/mol. The van der Waals surface area contributed by atoms with Gasteiger partial charge in [0, 0.05) is 12.7 Å². The fourth-order valence-electron chi connectivity index (χ4n) is 0.845. The van der Waals surface area contributed by atoms with Crippen LogP contribution in [0, 0.1) is 0 Å². The van der Waals surface area contributed by atoms with Crippen LogP contribution in [0.25, 0.3) is 0 Å². The van der Waals surface area contributed by atoms with Crippen LogP contribution in [0.4, 0.5) is 0 Å². The molecule has 84 valence electrons. The zero-order valence-corrected chi connectivity index (χ0v) is 9.89. The normalized spacial score (nSPS) is 10.9. The SMILES string of the molecule is C=CC(=O)OCCOCCC[SH](C)C. The fourth-order valence-corrected chi connectivity index (χ4v) is 1.61. The molecule has 3 nitrogen and oxygen atoms in total. The molecular formula is C10H20O3S. The highest BCUT2D eigenvalue weighted by Crippen LogP contribution is 2.13. The van der Waals surface area contributed by atoms with Crippen molar-refractivity contribution in [2.45, 2.75) is 6.42 Å². The molecule has 0 aliphatic rings. The molecule has 0 atom stereocenters. The van der Waals surface area contributed by atoms with Crippen molar-refractivity contribution in [2.24, 2.45) is 0 Å². The van der Waals surface area contributed by atoms with Crippen molar-refractivity contribution in [3.8, 4) is 0 Å². The Morgan fingerprint density at radius 1 is 1.36 bits per heavy atom. The van der Waals surface area contributed by atoms with Gasteiger partial charge in [-0.1, -0.05) is 6.58 Å². The predicted octanol–water partition coefficient (Wildman–Crippen LogP) is 1.38. The minimum absolute atomic E-state index is 0.183. The Morgan fingerprint density at radius 3 is 2.64 bits per heavy atom. The monoisotopic (exact) mass is 220 g/mol. The van der Waals surface area contributed by atoms with Crippen LogP contribution in [0.2, 0.25) is 0 Å². The van der Waals surface area contributed by atoms with Crippen LogP contribution < -0.4 is 0 Å². The molecule has 0 unspecified atom stereocenters. The standard InChI is InChI=1S/C10H20O3S/c1-4-10(11)13-8-7-12-6-5-9-14(2)3/h4,14H,1,5-9H2,2-3H3. The number of rotatable bonds is 8. The maximum Gasteiger partial charge on any atom is 0.330 e. The van der Waals surface area contributed by atoms with Crippen molar-refractivity contribution in [3.63, 3.8) is 0 Å². The topological polar surface area (TPSA) is 35.5 Å². The van der Waals surface area contributed by atoms with Crippen molar-refractivity contribution >= 4 is 16.9 Å². The zero-order valence-electron chi connectivity index (χ0n) is 8.99. The van der Waals surface area contributed by atoms with Gasteiger partial charge < -0.3 is 9.47 Å². The van der Waals surface area contributed by atoms with Crippen LogP contribution in [0.5, 0.6) is 0 Å². The maximum absolute atomic E-state index is 10.6. The largest absolute Gasteiger partial charge is 0.460 e. The zero-order chi connectivity index (χ0) is 10.8. The minimum atomic E-state index is -0.390. The van der Waals surface area contributed by atoms with Crippen LogP contribution in [0.3, 0.4) is 0 Å². The molecule has 0 aliphatic heterocycles. The number of thiol groups is 1. The van der Waals surface area contributed by atoms with Crippen LogP contribution in [-0.4, -0.2) is 44.1 Å². The first kappa shape index (κ1) is 13.5. The summed E-state index contributed by atoms with van der Waals surface area (Å²) in [7, 11) is 0.183. The second kappa shape index (κ2) is 9.09. The van der Waals surface area contributed by atoms with Gasteiger partial charge in [-0.15, -0.1) is 0 Å². The molecule has 0 aromatic carbocycles.